The van der Waals surface area contributed by atoms with Crippen molar-refractivity contribution in [1.82, 2.24) is 19.9 Å². The van der Waals surface area contributed by atoms with Gasteiger partial charge in [0.1, 0.15) is 29.5 Å². The van der Waals surface area contributed by atoms with E-state index in [0.717, 1.165) is 43.7 Å². The fourth-order valence-electron chi connectivity index (χ4n) is 4.17. The van der Waals surface area contributed by atoms with Crippen LogP contribution in [0.25, 0.3) is 0 Å². The average molecular weight is 451 g/mol. The van der Waals surface area contributed by atoms with Crippen molar-refractivity contribution < 1.29 is 19.0 Å². The number of hydrogen-bond donors (Lipinski definition) is 0. The number of benzene rings is 2. The van der Waals surface area contributed by atoms with Crippen molar-refractivity contribution in [2.24, 2.45) is 0 Å². The number of carbonyl (C=O) groups is 1. The Morgan fingerprint density at radius 2 is 1.91 bits per heavy atom. The van der Waals surface area contributed by atoms with E-state index in [-0.39, 0.29) is 11.9 Å². The number of ether oxygens (including phenoxy) is 3. The number of likely N-dealkylation sites (tertiary alicyclic amines) is 1. The number of methoxy groups -OCH3 is 2. The second kappa shape index (κ2) is 10.8. The van der Waals surface area contributed by atoms with Crippen molar-refractivity contribution in [2.45, 2.75) is 44.9 Å². The largest absolute Gasteiger partial charge is 0.497 e. The van der Waals surface area contributed by atoms with Crippen LogP contribution in [0.2, 0.25) is 0 Å². The highest BCUT2D eigenvalue weighted by Crippen LogP contribution is 2.29. The van der Waals surface area contributed by atoms with Crippen LogP contribution in [0.5, 0.6) is 17.2 Å². The average Bonchev–Trinajstić information content (AvgIpc) is 3.34. The lowest BCUT2D eigenvalue weighted by atomic mass is 9.98. The molecule has 1 fully saturated rings. The first-order valence-corrected chi connectivity index (χ1v) is 11.3. The van der Waals surface area contributed by atoms with E-state index < -0.39 is 0 Å². The van der Waals surface area contributed by atoms with E-state index in [2.05, 4.69) is 10.3 Å². The number of amides is 1. The summed E-state index contributed by atoms with van der Waals surface area (Å²) in [6.45, 7) is 1.80. The minimum atomic E-state index is -0.00487. The fourth-order valence-corrected chi connectivity index (χ4v) is 4.17. The Kier molecular flexibility index (Phi) is 7.44. The molecule has 1 unspecified atom stereocenters. The van der Waals surface area contributed by atoms with Crippen molar-refractivity contribution in [3.05, 3.63) is 66.0 Å². The van der Waals surface area contributed by atoms with Gasteiger partial charge in [0.05, 0.1) is 26.0 Å². The van der Waals surface area contributed by atoms with Gasteiger partial charge in [0.25, 0.3) is 5.91 Å². The predicted octanol–water partition coefficient (Wildman–Crippen LogP) is 3.96. The first kappa shape index (κ1) is 22.6. The van der Waals surface area contributed by atoms with Crippen LogP contribution in [0.3, 0.4) is 0 Å². The molecule has 1 amide bonds. The van der Waals surface area contributed by atoms with Crippen LogP contribution in [0.15, 0.2) is 54.7 Å². The third kappa shape index (κ3) is 5.63. The summed E-state index contributed by atoms with van der Waals surface area (Å²) in [6.07, 6.45) is 5.81. The first-order chi connectivity index (χ1) is 16.2. The molecule has 0 aliphatic carbocycles. The number of nitrogens with zero attached hydrogens (tertiary/aromatic N) is 4. The molecular formula is C25H30N4O4. The third-order valence-electron chi connectivity index (χ3n) is 5.93. The van der Waals surface area contributed by atoms with Gasteiger partial charge in [0.2, 0.25) is 0 Å². The van der Waals surface area contributed by atoms with E-state index in [0.29, 0.717) is 30.2 Å². The zero-order valence-corrected chi connectivity index (χ0v) is 19.1. The van der Waals surface area contributed by atoms with Crippen LogP contribution >= 0.6 is 0 Å². The van der Waals surface area contributed by atoms with Gasteiger partial charge in [-0.15, -0.1) is 5.10 Å². The number of carbonyl (C=O) groups excluding carboxylic acids is 1. The number of piperidine rings is 1. The Bertz CT molecular complexity index is 1050. The maximum absolute atomic E-state index is 13.4. The van der Waals surface area contributed by atoms with Gasteiger partial charge in [0.15, 0.2) is 0 Å². The number of rotatable bonds is 9. The van der Waals surface area contributed by atoms with Gasteiger partial charge in [-0.1, -0.05) is 23.4 Å². The molecule has 2 heterocycles. The van der Waals surface area contributed by atoms with E-state index in [4.69, 9.17) is 14.2 Å². The van der Waals surface area contributed by atoms with E-state index >= 15 is 0 Å². The minimum Gasteiger partial charge on any atom is -0.497 e. The van der Waals surface area contributed by atoms with Crippen molar-refractivity contribution >= 4 is 5.91 Å². The minimum absolute atomic E-state index is 0.00487. The molecule has 0 spiro atoms. The molecule has 1 aromatic heterocycles. The SMILES string of the molecule is COc1ccc(C(=O)N2CCCCC2CCn2cc(COc3ccccc3)nn2)c(OC)c1. The summed E-state index contributed by atoms with van der Waals surface area (Å²) < 4.78 is 18.3. The molecule has 33 heavy (non-hydrogen) atoms. The maximum Gasteiger partial charge on any atom is 0.257 e. The number of aryl methyl sites for hydroxylation is 1. The molecule has 1 atom stereocenters. The fraction of sp³-hybridized carbons (Fsp3) is 0.400. The molecule has 8 heteroatoms. The van der Waals surface area contributed by atoms with Crippen LogP contribution in [0.4, 0.5) is 0 Å². The summed E-state index contributed by atoms with van der Waals surface area (Å²) in [5.41, 5.74) is 1.34. The van der Waals surface area contributed by atoms with Crippen molar-refractivity contribution in [2.75, 3.05) is 20.8 Å². The number of para-hydroxylation sites is 1. The van der Waals surface area contributed by atoms with Crippen LogP contribution in [0, 0.1) is 0 Å². The highest BCUT2D eigenvalue weighted by atomic mass is 16.5. The Morgan fingerprint density at radius 3 is 2.70 bits per heavy atom. The van der Waals surface area contributed by atoms with Crippen LogP contribution in [-0.2, 0) is 13.2 Å². The molecule has 174 valence electrons. The molecule has 1 saturated heterocycles. The molecule has 8 nitrogen and oxygen atoms in total. The Labute approximate surface area is 194 Å². The Morgan fingerprint density at radius 1 is 1.06 bits per heavy atom. The number of hydrogen-bond acceptors (Lipinski definition) is 6. The molecule has 0 N–H and O–H groups in total. The van der Waals surface area contributed by atoms with E-state index in [1.807, 2.05) is 46.1 Å². The molecule has 0 saturated carbocycles. The van der Waals surface area contributed by atoms with Crippen molar-refractivity contribution in [3.8, 4) is 17.2 Å². The normalized spacial score (nSPS) is 15.8. The highest BCUT2D eigenvalue weighted by molar-refractivity contribution is 5.97. The van der Waals surface area contributed by atoms with Gasteiger partial charge in [-0.3, -0.25) is 9.48 Å². The number of aromatic nitrogens is 3. The summed E-state index contributed by atoms with van der Waals surface area (Å²) in [5, 5.41) is 8.45. The van der Waals surface area contributed by atoms with Gasteiger partial charge in [-0.05, 0) is 49.9 Å². The van der Waals surface area contributed by atoms with Gasteiger partial charge in [-0.2, -0.15) is 0 Å². The topological polar surface area (TPSA) is 78.7 Å². The van der Waals surface area contributed by atoms with Crippen molar-refractivity contribution in [3.63, 3.8) is 0 Å². The van der Waals surface area contributed by atoms with Gasteiger partial charge in [-0.25, -0.2) is 0 Å². The molecule has 4 rings (SSSR count). The maximum atomic E-state index is 13.4. The standard InChI is InChI=1S/C25H30N4O4/c1-31-22-11-12-23(24(16-22)32-2)25(30)29-14-7-6-8-20(29)13-15-28-17-19(26-27-28)18-33-21-9-4-3-5-10-21/h3-5,9-12,16-17,20H,6-8,13-15,18H2,1-2H3. The summed E-state index contributed by atoms with van der Waals surface area (Å²) in [4.78, 5) is 15.4. The Hall–Kier alpha value is -3.55. The third-order valence-corrected chi connectivity index (χ3v) is 5.93. The molecule has 2 aromatic carbocycles. The molecule has 3 aromatic rings. The molecule has 1 aliphatic heterocycles. The lowest BCUT2D eigenvalue weighted by Gasteiger charge is -2.36. The summed E-state index contributed by atoms with van der Waals surface area (Å²) >= 11 is 0. The smallest absolute Gasteiger partial charge is 0.257 e. The Balaban J connectivity index is 1.37. The van der Waals surface area contributed by atoms with Crippen molar-refractivity contribution in [1.29, 1.82) is 0 Å². The summed E-state index contributed by atoms with van der Waals surface area (Å²) in [5.74, 6) is 1.99. The van der Waals surface area contributed by atoms with Gasteiger partial charge >= 0.3 is 0 Å². The molecule has 0 bridgehead atoms. The molecule has 0 radical (unpaired) electrons. The second-order valence-corrected chi connectivity index (χ2v) is 8.08. The molecular weight excluding hydrogens is 420 g/mol. The zero-order chi connectivity index (χ0) is 23.0. The predicted molar refractivity (Wildman–Crippen MR) is 124 cm³/mol. The van der Waals surface area contributed by atoms with Crippen LogP contribution < -0.4 is 14.2 Å². The molecule has 1 aliphatic rings. The lowest BCUT2D eigenvalue weighted by Crippen LogP contribution is -2.44. The summed E-state index contributed by atoms with van der Waals surface area (Å²) in [7, 11) is 3.17. The highest BCUT2D eigenvalue weighted by Gasteiger charge is 2.29. The van der Waals surface area contributed by atoms with Crippen LogP contribution in [0.1, 0.15) is 41.7 Å². The first-order valence-electron chi connectivity index (χ1n) is 11.3. The van der Waals surface area contributed by atoms with E-state index in [1.54, 1.807) is 32.4 Å². The van der Waals surface area contributed by atoms with Crippen LogP contribution in [-0.4, -0.2) is 52.6 Å². The van der Waals surface area contributed by atoms with E-state index in [1.165, 1.54) is 0 Å². The quantitative estimate of drug-likeness (QED) is 0.491. The van der Waals surface area contributed by atoms with Gasteiger partial charge < -0.3 is 19.1 Å². The second-order valence-electron chi connectivity index (χ2n) is 8.08. The lowest BCUT2D eigenvalue weighted by molar-refractivity contribution is 0.0590. The van der Waals surface area contributed by atoms with E-state index in [9.17, 15) is 4.79 Å². The summed E-state index contributed by atoms with van der Waals surface area (Å²) in [6, 6.07) is 15.1. The zero-order valence-electron chi connectivity index (χ0n) is 19.1. The van der Waals surface area contributed by atoms with Gasteiger partial charge in [0, 0.05) is 25.2 Å². The monoisotopic (exact) mass is 450 g/mol.